The Kier molecular flexibility index (Phi) is 9.45. The molecule has 4 aliphatic rings. The van der Waals surface area contributed by atoms with Gasteiger partial charge in [-0.3, -0.25) is 0 Å². The fourth-order valence-corrected chi connectivity index (χ4v) is 10.2. The molecule has 4 heterocycles. The van der Waals surface area contributed by atoms with E-state index in [0.717, 1.165) is 35.3 Å². The van der Waals surface area contributed by atoms with Crippen LogP contribution in [0.1, 0.15) is 86.1 Å². The Morgan fingerprint density at radius 1 is 0.933 bits per heavy atom. The van der Waals surface area contributed by atoms with Crippen molar-refractivity contribution in [3.05, 3.63) is 94.5 Å². The average molecular weight is 631 g/mol. The monoisotopic (exact) mass is 630 g/mol. The first-order chi connectivity index (χ1) is 21.6. The third-order valence-corrected chi connectivity index (χ3v) is 13.0. The molecule has 45 heavy (non-hydrogen) atoms. The van der Waals surface area contributed by atoms with Crippen molar-refractivity contribution in [3.8, 4) is 5.75 Å². The van der Waals surface area contributed by atoms with E-state index < -0.39 is 27.3 Å². The van der Waals surface area contributed by atoms with E-state index in [1.54, 1.807) is 6.07 Å². The van der Waals surface area contributed by atoms with E-state index in [2.05, 4.69) is 41.4 Å². The maximum Gasteiger partial charge on any atom is 0.179 e. The number of ether oxygens (including phenoxy) is 1. The number of hydrogen-bond acceptors (Lipinski definition) is 6. The normalized spacial score (nSPS) is 28.8. The lowest BCUT2D eigenvalue weighted by atomic mass is 9.68. The van der Waals surface area contributed by atoms with Crippen LogP contribution in [0.25, 0.3) is 0 Å². The maximum absolute atomic E-state index is 13.7. The number of aliphatic hydroxyl groups is 1. The summed E-state index contributed by atoms with van der Waals surface area (Å²) in [4.78, 5) is 2.94. The average Bonchev–Trinajstić information content (AvgIpc) is 3.11. The van der Waals surface area contributed by atoms with Crippen molar-refractivity contribution < 1.29 is 18.3 Å². The smallest absolute Gasteiger partial charge is 0.179 e. The van der Waals surface area contributed by atoms with Crippen molar-refractivity contribution in [2.75, 3.05) is 32.4 Å². The number of fused-ring (bicyclic) bond motifs is 4. The minimum atomic E-state index is -3.59. The fraction of sp³-hybridized carbons (Fsp3) is 0.526. The molecule has 3 fully saturated rings. The van der Waals surface area contributed by atoms with Gasteiger partial charge in [-0.15, -0.1) is 0 Å². The molecule has 2 N–H and O–H groups in total. The second kappa shape index (κ2) is 13.2. The van der Waals surface area contributed by atoms with Gasteiger partial charge in [0.25, 0.3) is 0 Å². The van der Waals surface area contributed by atoms with Gasteiger partial charge in [-0.1, -0.05) is 75.2 Å². The van der Waals surface area contributed by atoms with Crippen LogP contribution in [0, 0.1) is 10.8 Å². The number of rotatable bonds is 11. The van der Waals surface area contributed by atoms with Gasteiger partial charge in [0.15, 0.2) is 9.84 Å². The molecule has 7 rings (SSSR count). The summed E-state index contributed by atoms with van der Waals surface area (Å²) in [5.41, 5.74) is 4.86. The van der Waals surface area contributed by atoms with Crippen LogP contribution in [0.15, 0.2) is 71.6 Å². The second-order valence-electron chi connectivity index (χ2n) is 14.3. The van der Waals surface area contributed by atoms with Crippen LogP contribution in [-0.2, 0) is 29.4 Å². The lowest BCUT2D eigenvalue weighted by molar-refractivity contribution is 0.0266. The maximum atomic E-state index is 13.7. The Labute approximate surface area is 270 Å². The van der Waals surface area contributed by atoms with Crippen molar-refractivity contribution >= 4 is 9.84 Å². The first kappa shape index (κ1) is 32.2. The van der Waals surface area contributed by atoms with Crippen molar-refractivity contribution in [3.63, 3.8) is 0 Å². The van der Waals surface area contributed by atoms with Gasteiger partial charge in [-0.2, -0.15) is 0 Å². The topological polar surface area (TPSA) is 78.9 Å². The highest BCUT2D eigenvalue weighted by molar-refractivity contribution is 7.91. The van der Waals surface area contributed by atoms with Gasteiger partial charge in [0.05, 0.1) is 16.8 Å². The zero-order valence-corrected chi connectivity index (χ0v) is 28.0. The Balaban J connectivity index is 1.20. The van der Waals surface area contributed by atoms with Gasteiger partial charge in [-0.25, -0.2) is 8.42 Å². The van der Waals surface area contributed by atoms with E-state index in [9.17, 15) is 13.5 Å². The number of benzene rings is 3. The van der Waals surface area contributed by atoms with Crippen molar-refractivity contribution in [1.29, 1.82) is 0 Å². The molecule has 3 atom stereocenters. The largest absolute Gasteiger partial charge is 0.489 e. The van der Waals surface area contributed by atoms with Crippen LogP contribution in [0.5, 0.6) is 5.75 Å². The Morgan fingerprint density at radius 3 is 2.22 bits per heavy atom. The molecule has 3 aromatic carbocycles. The molecule has 1 unspecified atom stereocenters. The molecule has 6 nitrogen and oxygen atoms in total. The second-order valence-corrected chi connectivity index (χ2v) is 16.2. The predicted molar refractivity (Wildman–Crippen MR) is 180 cm³/mol. The molecule has 242 valence electrons. The van der Waals surface area contributed by atoms with Crippen molar-refractivity contribution in [2.24, 2.45) is 10.8 Å². The Morgan fingerprint density at radius 2 is 1.58 bits per heavy atom. The van der Waals surface area contributed by atoms with E-state index in [1.807, 2.05) is 50.4 Å². The molecule has 0 aliphatic carbocycles. The first-order valence-electron chi connectivity index (χ1n) is 16.8. The summed E-state index contributed by atoms with van der Waals surface area (Å²) >= 11 is 0. The molecule has 0 radical (unpaired) electrons. The molecular weight excluding hydrogens is 580 g/mol. The van der Waals surface area contributed by atoms with Gasteiger partial charge < -0.3 is 20.1 Å². The molecule has 0 amide bonds. The SMILES string of the molecule is CCCCC1(C)CS(=O)(=O)c2ccc(CNC)cc2[C@@H](c2ccc(OCc3ccc(CC45CCN(CC4)CC5)cc3)cc2)[C@H]1O. The summed E-state index contributed by atoms with van der Waals surface area (Å²) in [5, 5.41) is 15.2. The molecule has 0 saturated carbocycles. The predicted octanol–water partition coefficient (Wildman–Crippen LogP) is 6.49. The molecule has 4 aliphatic heterocycles. The van der Waals surface area contributed by atoms with E-state index >= 15 is 0 Å². The summed E-state index contributed by atoms with van der Waals surface area (Å²) in [5.74, 6) is 0.230. The summed E-state index contributed by atoms with van der Waals surface area (Å²) in [6.45, 7) is 8.91. The van der Waals surface area contributed by atoms with Crippen molar-refractivity contribution in [1.82, 2.24) is 10.2 Å². The third kappa shape index (κ3) is 6.87. The standard InChI is InChI=1S/C38H50N2O4S/c1-4-5-16-37(2)27-45(42,43)34-15-10-30(25-39-3)23-33(34)35(36(37)41)31-11-13-32(14-12-31)44-26-29-8-6-28(7-9-29)24-38-17-20-40(21-18-38)22-19-38/h6-15,23,35-36,39,41H,4-5,16-22,24-27H2,1-3H3/t35-,36-,37?/m1/s1. The summed E-state index contributed by atoms with van der Waals surface area (Å²) in [6, 6.07) is 22.4. The number of aliphatic hydroxyl groups excluding tert-OH is 1. The molecule has 3 saturated heterocycles. The minimum absolute atomic E-state index is 0.0599. The summed E-state index contributed by atoms with van der Waals surface area (Å²) < 4.78 is 33.7. The molecule has 0 aromatic heterocycles. The highest BCUT2D eigenvalue weighted by atomic mass is 32.2. The van der Waals surface area contributed by atoms with Gasteiger partial charge in [0, 0.05) is 17.9 Å². The molecular formula is C38H50N2O4S. The lowest BCUT2D eigenvalue weighted by Crippen LogP contribution is -2.49. The summed E-state index contributed by atoms with van der Waals surface area (Å²) in [6.07, 6.45) is 6.75. The Bertz CT molecular complexity index is 1550. The fourth-order valence-electron chi connectivity index (χ4n) is 8.06. The third-order valence-electron chi connectivity index (χ3n) is 10.9. The molecule has 0 spiro atoms. The molecule has 7 heteroatoms. The molecule has 2 bridgehead atoms. The van der Waals surface area contributed by atoms with Crippen LogP contribution < -0.4 is 10.1 Å². The first-order valence-corrected chi connectivity index (χ1v) is 18.5. The van der Waals surface area contributed by atoms with E-state index in [1.165, 1.54) is 50.9 Å². The van der Waals surface area contributed by atoms with Crippen LogP contribution in [0.3, 0.4) is 0 Å². The van der Waals surface area contributed by atoms with Gasteiger partial charge in [0.1, 0.15) is 12.4 Å². The number of piperidine rings is 3. The number of nitrogens with one attached hydrogen (secondary N) is 1. The zero-order valence-electron chi connectivity index (χ0n) is 27.2. The van der Waals surface area contributed by atoms with Crippen LogP contribution in [-0.4, -0.2) is 57.0 Å². The van der Waals surface area contributed by atoms with Crippen LogP contribution in [0.4, 0.5) is 0 Å². The Hall–Kier alpha value is -2.71. The van der Waals surface area contributed by atoms with Gasteiger partial charge >= 0.3 is 0 Å². The minimum Gasteiger partial charge on any atom is -0.489 e. The highest BCUT2D eigenvalue weighted by Gasteiger charge is 2.47. The van der Waals surface area contributed by atoms with Gasteiger partial charge in [-0.05, 0) is 110 Å². The quantitative estimate of drug-likeness (QED) is 0.252. The molecule has 3 aromatic rings. The highest BCUT2D eigenvalue weighted by Crippen LogP contribution is 2.47. The van der Waals surface area contributed by atoms with Gasteiger partial charge in [0.2, 0.25) is 0 Å². The van der Waals surface area contributed by atoms with E-state index in [4.69, 9.17) is 4.74 Å². The number of hydrogen-bond donors (Lipinski definition) is 2. The van der Waals surface area contributed by atoms with Crippen molar-refractivity contribution in [2.45, 2.75) is 88.9 Å². The lowest BCUT2D eigenvalue weighted by Gasteiger charge is -2.48. The summed E-state index contributed by atoms with van der Waals surface area (Å²) in [7, 11) is -1.71. The van der Waals surface area contributed by atoms with Crippen LogP contribution in [0.2, 0.25) is 0 Å². The van der Waals surface area contributed by atoms with E-state index in [-0.39, 0.29) is 5.75 Å². The number of nitrogens with zero attached hydrogens (tertiary/aromatic N) is 1. The number of unbranched alkanes of at least 4 members (excludes halogenated alkanes) is 1. The number of sulfone groups is 1. The zero-order chi connectivity index (χ0) is 31.7. The van der Waals surface area contributed by atoms with E-state index in [0.29, 0.717) is 35.4 Å². The van der Waals surface area contributed by atoms with Crippen LogP contribution >= 0.6 is 0 Å².